The SMILES string of the molecule is CC(C)CN1CCN(C(=O)CCn2[nH]c(=O)c3ccccc3c2=O)CC1. The Bertz CT molecular complexity index is 892. The van der Waals surface area contributed by atoms with Gasteiger partial charge in [-0.05, 0) is 18.1 Å². The molecule has 1 amide bonds. The third kappa shape index (κ3) is 4.04. The van der Waals surface area contributed by atoms with Crippen molar-refractivity contribution in [3.05, 3.63) is 45.0 Å². The Morgan fingerprint density at radius 3 is 2.38 bits per heavy atom. The molecule has 0 bridgehead atoms. The van der Waals surface area contributed by atoms with Crippen molar-refractivity contribution in [2.75, 3.05) is 32.7 Å². The maximum atomic E-state index is 12.5. The van der Waals surface area contributed by atoms with Gasteiger partial charge < -0.3 is 4.90 Å². The second-order valence-electron chi connectivity index (χ2n) is 7.27. The van der Waals surface area contributed by atoms with E-state index in [4.69, 9.17) is 0 Å². The average Bonchev–Trinajstić information content (AvgIpc) is 2.63. The lowest BCUT2D eigenvalue weighted by atomic mass is 10.2. The van der Waals surface area contributed by atoms with Crippen LogP contribution in [0.4, 0.5) is 0 Å². The first-order valence-corrected chi connectivity index (χ1v) is 9.17. The van der Waals surface area contributed by atoms with Crippen LogP contribution in [-0.2, 0) is 11.3 Å². The molecule has 0 aliphatic carbocycles. The molecule has 0 spiro atoms. The lowest BCUT2D eigenvalue weighted by Crippen LogP contribution is -2.49. The lowest BCUT2D eigenvalue weighted by Gasteiger charge is -2.35. The minimum absolute atomic E-state index is 0.0232. The first kappa shape index (κ1) is 18.4. The van der Waals surface area contributed by atoms with Crippen molar-refractivity contribution >= 4 is 16.7 Å². The van der Waals surface area contributed by atoms with Gasteiger partial charge in [-0.1, -0.05) is 26.0 Å². The fourth-order valence-corrected chi connectivity index (χ4v) is 3.47. The number of hydrogen-bond acceptors (Lipinski definition) is 4. The number of benzene rings is 1. The van der Waals surface area contributed by atoms with Gasteiger partial charge in [0, 0.05) is 39.1 Å². The standard InChI is InChI=1S/C19H26N4O3/c1-14(2)13-21-9-11-22(12-10-21)17(24)7-8-23-19(26)16-6-4-3-5-15(16)18(25)20-23/h3-6,14H,7-13H2,1-2H3,(H,20,25). The molecular formula is C19H26N4O3. The van der Waals surface area contributed by atoms with Crippen molar-refractivity contribution in [1.82, 2.24) is 19.6 Å². The van der Waals surface area contributed by atoms with Crippen LogP contribution in [0.1, 0.15) is 20.3 Å². The summed E-state index contributed by atoms with van der Waals surface area (Å²) in [6.07, 6.45) is 0.207. The van der Waals surface area contributed by atoms with E-state index in [2.05, 4.69) is 23.8 Å². The fraction of sp³-hybridized carbons (Fsp3) is 0.526. The number of aryl methyl sites for hydroxylation is 1. The van der Waals surface area contributed by atoms with Gasteiger partial charge >= 0.3 is 0 Å². The number of aromatic amines is 1. The maximum absolute atomic E-state index is 12.5. The van der Waals surface area contributed by atoms with E-state index in [-0.39, 0.29) is 30.0 Å². The predicted octanol–water partition coefficient (Wildman–Crippen LogP) is 0.880. The molecule has 7 heteroatoms. The molecule has 3 rings (SSSR count). The van der Waals surface area contributed by atoms with Crippen molar-refractivity contribution in [3.8, 4) is 0 Å². The summed E-state index contributed by atoms with van der Waals surface area (Å²) in [5, 5.41) is 3.33. The molecule has 1 aromatic carbocycles. The van der Waals surface area contributed by atoms with E-state index < -0.39 is 0 Å². The first-order chi connectivity index (χ1) is 12.5. The van der Waals surface area contributed by atoms with E-state index in [0.717, 1.165) is 19.6 Å². The Morgan fingerprint density at radius 1 is 1.08 bits per heavy atom. The number of aromatic nitrogens is 2. The molecule has 2 aromatic rings. The highest BCUT2D eigenvalue weighted by Crippen LogP contribution is 2.07. The maximum Gasteiger partial charge on any atom is 0.273 e. The Hall–Kier alpha value is -2.41. The van der Waals surface area contributed by atoms with Crippen LogP contribution in [0, 0.1) is 5.92 Å². The smallest absolute Gasteiger partial charge is 0.273 e. The third-order valence-electron chi connectivity index (χ3n) is 4.78. The number of carbonyl (C=O) groups is 1. The van der Waals surface area contributed by atoms with Gasteiger partial charge in [-0.3, -0.25) is 24.4 Å². The van der Waals surface area contributed by atoms with Gasteiger partial charge in [-0.15, -0.1) is 0 Å². The number of carbonyl (C=O) groups excluding carboxylic acids is 1. The van der Waals surface area contributed by atoms with Crippen molar-refractivity contribution in [3.63, 3.8) is 0 Å². The second-order valence-corrected chi connectivity index (χ2v) is 7.27. The minimum atomic E-state index is -0.310. The van der Waals surface area contributed by atoms with Crippen LogP contribution in [0.2, 0.25) is 0 Å². The van der Waals surface area contributed by atoms with Gasteiger partial charge in [0.05, 0.1) is 17.3 Å². The molecule has 1 saturated heterocycles. The summed E-state index contributed by atoms with van der Waals surface area (Å²) in [6.45, 7) is 8.83. The molecule has 7 nitrogen and oxygen atoms in total. The Balaban J connectivity index is 1.62. The molecule has 140 valence electrons. The average molecular weight is 358 g/mol. The minimum Gasteiger partial charge on any atom is -0.340 e. The van der Waals surface area contributed by atoms with E-state index in [1.54, 1.807) is 24.3 Å². The van der Waals surface area contributed by atoms with Gasteiger partial charge in [-0.25, -0.2) is 4.68 Å². The number of nitrogens with zero attached hydrogens (tertiary/aromatic N) is 3. The molecule has 26 heavy (non-hydrogen) atoms. The Kier molecular flexibility index (Phi) is 5.56. The van der Waals surface area contributed by atoms with Crippen LogP contribution >= 0.6 is 0 Å². The van der Waals surface area contributed by atoms with Crippen LogP contribution in [-0.4, -0.2) is 58.2 Å². The number of hydrogen-bond donors (Lipinski definition) is 1. The number of fused-ring (bicyclic) bond motifs is 1. The van der Waals surface area contributed by atoms with E-state index in [0.29, 0.717) is 29.8 Å². The van der Waals surface area contributed by atoms with Crippen LogP contribution in [0.3, 0.4) is 0 Å². The van der Waals surface area contributed by atoms with Crippen molar-refractivity contribution in [2.24, 2.45) is 5.92 Å². The predicted molar refractivity (Wildman–Crippen MR) is 101 cm³/mol. The Morgan fingerprint density at radius 2 is 1.73 bits per heavy atom. The van der Waals surface area contributed by atoms with Crippen LogP contribution in [0.15, 0.2) is 33.9 Å². The lowest BCUT2D eigenvalue weighted by molar-refractivity contribution is -0.133. The van der Waals surface area contributed by atoms with Crippen LogP contribution in [0.25, 0.3) is 10.8 Å². The van der Waals surface area contributed by atoms with Crippen molar-refractivity contribution in [2.45, 2.75) is 26.8 Å². The van der Waals surface area contributed by atoms with Gasteiger partial charge in [0.15, 0.2) is 0 Å². The second kappa shape index (κ2) is 7.86. The molecule has 1 N–H and O–H groups in total. The molecule has 2 heterocycles. The molecule has 1 aromatic heterocycles. The van der Waals surface area contributed by atoms with Crippen molar-refractivity contribution < 1.29 is 4.79 Å². The largest absolute Gasteiger partial charge is 0.340 e. The Labute approximate surface area is 152 Å². The van der Waals surface area contributed by atoms with Crippen molar-refractivity contribution in [1.29, 1.82) is 0 Å². The molecule has 0 atom stereocenters. The van der Waals surface area contributed by atoms with Gasteiger partial charge in [0.1, 0.15) is 0 Å². The summed E-state index contributed by atoms with van der Waals surface area (Å²) in [5.41, 5.74) is -0.579. The first-order valence-electron chi connectivity index (χ1n) is 9.17. The zero-order valence-corrected chi connectivity index (χ0v) is 15.4. The highest BCUT2D eigenvalue weighted by molar-refractivity contribution is 5.80. The fourth-order valence-electron chi connectivity index (χ4n) is 3.47. The molecular weight excluding hydrogens is 332 g/mol. The van der Waals surface area contributed by atoms with Crippen LogP contribution in [0.5, 0.6) is 0 Å². The number of piperazine rings is 1. The molecule has 0 saturated carbocycles. The quantitative estimate of drug-likeness (QED) is 0.861. The van der Waals surface area contributed by atoms with E-state index in [1.165, 1.54) is 4.68 Å². The van der Waals surface area contributed by atoms with Gasteiger partial charge in [0.25, 0.3) is 11.1 Å². The number of H-pyrrole nitrogens is 1. The van der Waals surface area contributed by atoms with E-state index in [9.17, 15) is 14.4 Å². The molecule has 1 aliphatic rings. The highest BCUT2D eigenvalue weighted by Gasteiger charge is 2.21. The zero-order valence-electron chi connectivity index (χ0n) is 15.4. The number of amides is 1. The summed E-state index contributed by atoms with van der Waals surface area (Å²) >= 11 is 0. The summed E-state index contributed by atoms with van der Waals surface area (Å²) < 4.78 is 1.25. The molecule has 1 aliphatic heterocycles. The normalized spacial score (nSPS) is 15.7. The summed E-state index contributed by atoms with van der Waals surface area (Å²) in [7, 11) is 0. The molecule has 1 fully saturated rings. The van der Waals surface area contributed by atoms with E-state index in [1.807, 2.05) is 4.90 Å². The van der Waals surface area contributed by atoms with Gasteiger partial charge in [0.2, 0.25) is 5.91 Å². The number of rotatable bonds is 5. The van der Waals surface area contributed by atoms with Gasteiger partial charge in [-0.2, -0.15) is 0 Å². The molecule has 0 radical (unpaired) electrons. The third-order valence-corrected chi connectivity index (χ3v) is 4.78. The summed E-state index contributed by atoms with van der Waals surface area (Å²) in [6, 6.07) is 6.72. The monoisotopic (exact) mass is 358 g/mol. The van der Waals surface area contributed by atoms with Crippen LogP contribution < -0.4 is 11.1 Å². The highest BCUT2D eigenvalue weighted by atomic mass is 16.2. The zero-order chi connectivity index (χ0) is 18.7. The summed E-state index contributed by atoms with van der Waals surface area (Å²) in [4.78, 5) is 41.3. The number of nitrogens with one attached hydrogen (secondary N) is 1. The summed E-state index contributed by atoms with van der Waals surface area (Å²) in [5.74, 6) is 0.643. The molecule has 0 unspecified atom stereocenters. The topological polar surface area (TPSA) is 78.4 Å². The van der Waals surface area contributed by atoms with E-state index >= 15 is 0 Å².